The molecule has 0 spiro atoms. The number of carbonyl (C=O) groups is 3. The molecular weight excluding hydrogens is 418 g/mol. The summed E-state index contributed by atoms with van der Waals surface area (Å²) in [7, 11) is 0. The van der Waals surface area contributed by atoms with Gasteiger partial charge in [-0.1, -0.05) is 30.3 Å². The quantitative estimate of drug-likeness (QED) is 0.603. The number of hydrogen-bond acceptors (Lipinski definition) is 4. The summed E-state index contributed by atoms with van der Waals surface area (Å²) < 4.78 is 1.88. The van der Waals surface area contributed by atoms with E-state index >= 15 is 0 Å². The minimum absolute atomic E-state index is 0.0137. The van der Waals surface area contributed by atoms with Crippen molar-refractivity contribution < 1.29 is 14.4 Å². The molecule has 8 heteroatoms. The molecule has 4 amide bonds. The van der Waals surface area contributed by atoms with Crippen LogP contribution in [-0.2, 0) is 22.6 Å². The first kappa shape index (κ1) is 23.0. The van der Waals surface area contributed by atoms with Gasteiger partial charge in [0, 0.05) is 31.7 Å². The molecule has 2 aromatic rings. The maximum absolute atomic E-state index is 12.9. The van der Waals surface area contributed by atoms with Crippen LogP contribution in [0.5, 0.6) is 0 Å². The molecule has 1 atom stereocenters. The Morgan fingerprint density at radius 2 is 1.88 bits per heavy atom. The lowest BCUT2D eigenvalue weighted by Crippen LogP contribution is -2.56. The maximum Gasteiger partial charge on any atom is 0.322 e. The topological polar surface area (TPSA) is 96.3 Å². The molecule has 2 aliphatic rings. The first-order valence-corrected chi connectivity index (χ1v) is 11.8. The van der Waals surface area contributed by atoms with Crippen LogP contribution in [0.2, 0.25) is 0 Å². The van der Waals surface area contributed by atoms with Gasteiger partial charge < -0.3 is 10.2 Å². The van der Waals surface area contributed by atoms with E-state index in [1.165, 1.54) is 5.56 Å². The molecule has 33 heavy (non-hydrogen) atoms. The summed E-state index contributed by atoms with van der Waals surface area (Å²) >= 11 is 0. The predicted octanol–water partition coefficient (Wildman–Crippen LogP) is 2.73. The molecule has 0 bridgehead atoms. The molecule has 1 aromatic heterocycles. The van der Waals surface area contributed by atoms with Gasteiger partial charge in [-0.15, -0.1) is 0 Å². The van der Waals surface area contributed by atoms with E-state index in [0.29, 0.717) is 45.3 Å². The summed E-state index contributed by atoms with van der Waals surface area (Å²) in [4.78, 5) is 39.6. The molecule has 2 aliphatic heterocycles. The number of hydrogen-bond donors (Lipinski definition) is 2. The smallest absolute Gasteiger partial charge is 0.322 e. The third-order valence-electron chi connectivity index (χ3n) is 7.03. The van der Waals surface area contributed by atoms with Gasteiger partial charge in [-0.05, 0) is 63.5 Å². The van der Waals surface area contributed by atoms with Crippen LogP contribution in [0, 0.1) is 19.8 Å². The lowest BCUT2D eigenvalue weighted by Gasteiger charge is -2.40. The number of nitrogens with one attached hydrogen (secondary N) is 2. The number of rotatable bonds is 8. The highest BCUT2D eigenvalue weighted by atomic mass is 16.2. The number of nitrogens with zero attached hydrogens (tertiary/aromatic N) is 3. The summed E-state index contributed by atoms with van der Waals surface area (Å²) in [5, 5.41) is 9.84. The van der Waals surface area contributed by atoms with Crippen molar-refractivity contribution in [1.29, 1.82) is 0 Å². The highest BCUT2D eigenvalue weighted by Crippen LogP contribution is 2.35. The monoisotopic (exact) mass is 451 g/mol. The Balaban J connectivity index is 1.34. The minimum Gasteiger partial charge on any atom is -0.343 e. The fourth-order valence-electron chi connectivity index (χ4n) is 5.27. The molecule has 2 fully saturated rings. The van der Waals surface area contributed by atoms with Gasteiger partial charge in [-0.25, -0.2) is 4.79 Å². The second kappa shape index (κ2) is 9.77. The van der Waals surface area contributed by atoms with E-state index < -0.39 is 11.6 Å². The van der Waals surface area contributed by atoms with Crippen molar-refractivity contribution in [2.45, 2.75) is 64.5 Å². The van der Waals surface area contributed by atoms with Crippen LogP contribution in [0.4, 0.5) is 4.79 Å². The van der Waals surface area contributed by atoms with Crippen molar-refractivity contribution in [1.82, 2.24) is 25.3 Å². The standard InChI is InChI=1S/C25H33N5O3/c1-18-17-19(2)30(28-18)16-12-22(31)29-14-10-21(11-15-29)25(23(32)26-24(33)27-25)13-6-9-20-7-4-3-5-8-20/h3-5,7-8,17,21H,6,9-16H2,1-2H3,(H2,26,27,32,33)/t25-/m0/s1. The van der Waals surface area contributed by atoms with E-state index in [-0.39, 0.29) is 17.7 Å². The van der Waals surface area contributed by atoms with Crippen molar-refractivity contribution in [2.75, 3.05) is 13.1 Å². The maximum atomic E-state index is 12.9. The molecule has 2 saturated heterocycles. The summed E-state index contributed by atoms with van der Waals surface area (Å²) in [5.41, 5.74) is 2.35. The van der Waals surface area contributed by atoms with Gasteiger partial charge in [0.05, 0.1) is 5.69 Å². The lowest BCUT2D eigenvalue weighted by molar-refractivity contribution is -0.134. The van der Waals surface area contributed by atoms with Gasteiger partial charge in [0.25, 0.3) is 5.91 Å². The summed E-state index contributed by atoms with van der Waals surface area (Å²) in [5.74, 6) is -0.103. The number of piperidine rings is 1. The largest absolute Gasteiger partial charge is 0.343 e. The van der Waals surface area contributed by atoms with E-state index in [0.717, 1.165) is 24.2 Å². The number of likely N-dealkylation sites (tertiary alicyclic amines) is 1. The van der Waals surface area contributed by atoms with E-state index in [1.807, 2.05) is 47.7 Å². The Labute approximate surface area is 194 Å². The van der Waals surface area contributed by atoms with Gasteiger partial charge in [0.1, 0.15) is 5.54 Å². The molecule has 0 saturated carbocycles. The number of aromatic nitrogens is 2. The van der Waals surface area contributed by atoms with Crippen LogP contribution in [0.1, 0.15) is 49.1 Å². The Morgan fingerprint density at radius 3 is 2.48 bits per heavy atom. The van der Waals surface area contributed by atoms with Gasteiger partial charge in [-0.3, -0.25) is 19.6 Å². The van der Waals surface area contributed by atoms with Crippen molar-refractivity contribution in [3.05, 3.63) is 53.3 Å². The molecule has 8 nitrogen and oxygen atoms in total. The van der Waals surface area contributed by atoms with Crippen molar-refractivity contribution in [2.24, 2.45) is 5.92 Å². The Morgan fingerprint density at radius 1 is 1.15 bits per heavy atom. The zero-order valence-electron chi connectivity index (χ0n) is 19.5. The van der Waals surface area contributed by atoms with Crippen LogP contribution in [0.15, 0.2) is 36.4 Å². The van der Waals surface area contributed by atoms with E-state index in [2.05, 4.69) is 27.9 Å². The normalized spacial score (nSPS) is 21.2. The SMILES string of the molecule is Cc1cc(C)n(CCC(=O)N2CCC([C@]3(CCCc4ccccc4)NC(=O)NC3=O)CC2)n1. The van der Waals surface area contributed by atoms with Crippen LogP contribution in [0.25, 0.3) is 0 Å². The zero-order valence-corrected chi connectivity index (χ0v) is 19.5. The molecule has 3 heterocycles. The zero-order chi connectivity index (χ0) is 23.4. The molecule has 0 unspecified atom stereocenters. The molecular formula is C25H33N5O3. The summed E-state index contributed by atoms with van der Waals surface area (Å²) in [6.07, 6.45) is 4.06. The second-order valence-electron chi connectivity index (χ2n) is 9.27. The van der Waals surface area contributed by atoms with E-state index in [9.17, 15) is 14.4 Å². The van der Waals surface area contributed by atoms with E-state index in [4.69, 9.17) is 0 Å². The third-order valence-corrected chi connectivity index (χ3v) is 7.03. The number of urea groups is 1. The first-order valence-electron chi connectivity index (χ1n) is 11.8. The van der Waals surface area contributed by atoms with Crippen LogP contribution in [0.3, 0.4) is 0 Å². The van der Waals surface area contributed by atoms with Crippen LogP contribution >= 0.6 is 0 Å². The molecule has 1 aromatic carbocycles. The second-order valence-corrected chi connectivity index (χ2v) is 9.27. The lowest BCUT2D eigenvalue weighted by atomic mass is 9.74. The Hall–Kier alpha value is -3.16. The Kier molecular flexibility index (Phi) is 6.81. The van der Waals surface area contributed by atoms with Crippen molar-refractivity contribution >= 4 is 17.8 Å². The van der Waals surface area contributed by atoms with Gasteiger partial charge in [-0.2, -0.15) is 5.10 Å². The Bertz CT molecular complexity index is 1010. The number of imide groups is 1. The van der Waals surface area contributed by atoms with Gasteiger partial charge in [0.15, 0.2) is 0 Å². The van der Waals surface area contributed by atoms with Crippen molar-refractivity contribution in [3.8, 4) is 0 Å². The predicted molar refractivity (Wildman–Crippen MR) is 124 cm³/mol. The van der Waals surface area contributed by atoms with E-state index in [1.54, 1.807) is 0 Å². The highest BCUT2D eigenvalue weighted by molar-refractivity contribution is 6.07. The average molecular weight is 452 g/mol. The molecule has 2 N–H and O–H groups in total. The fraction of sp³-hybridized carbons (Fsp3) is 0.520. The molecule has 0 aliphatic carbocycles. The highest BCUT2D eigenvalue weighted by Gasteiger charge is 2.51. The molecule has 4 rings (SSSR count). The number of aryl methyl sites for hydroxylation is 4. The fourth-order valence-corrected chi connectivity index (χ4v) is 5.27. The number of benzene rings is 1. The molecule has 176 valence electrons. The first-order chi connectivity index (χ1) is 15.9. The average Bonchev–Trinajstić information content (AvgIpc) is 3.29. The van der Waals surface area contributed by atoms with Gasteiger partial charge >= 0.3 is 6.03 Å². The molecule has 0 radical (unpaired) electrons. The van der Waals surface area contributed by atoms with Gasteiger partial charge in [0.2, 0.25) is 5.91 Å². The summed E-state index contributed by atoms with van der Waals surface area (Å²) in [6, 6.07) is 11.8. The van der Waals surface area contributed by atoms with Crippen LogP contribution in [-0.4, -0.2) is 51.2 Å². The number of carbonyl (C=O) groups excluding carboxylic acids is 3. The minimum atomic E-state index is -0.884. The third kappa shape index (κ3) is 5.10. The van der Waals surface area contributed by atoms with Crippen molar-refractivity contribution in [3.63, 3.8) is 0 Å². The summed E-state index contributed by atoms with van der Waals surface area (Å²) in [6.45, 7) is 5.71. The number of amides is 4. The van der Waals surface area contributed by atoms with Crippen LogP contribution < -0.4 is 10.6 Å².